The van der Waals surface area contributed by atoms with Crippen molar-refractivity contribution in [3.63, 3.8) is 0 Å². The molecule has 1 N–H and O–H groups in total. The monoisotopic (exact) mass is 380 g/mol. The van der Waals surface area contributed by atoms with E-state index in [2.05, 4.69) is 20.8 Å². The van der Waals surface area contributed by atoms with E-state index < -0.39 is 0 Å². The van der Waals surface area contributed by atoms with Gasteiger partial charge in [0.15, 0.2) is 0 Å². The predicted octanol–water partition coefficient (Wildman–Crippen LogP) is 2.50. The van der Waals surface area contributed by atoms with Crippen molar-refractivity contribution in [1.82, 2.24) is 9.80 Å². The molecule has 0 aromatic heterocycles. The van der Waals surface area contributed by atoms with Crippen LogP contribution in [0.25, 0.3) is 0 Å². The van der Waals surface area contributed by atoms with Gasteiger partial charge in [-0.25, -0.2) is 0 Å². The number of likely N-dealkylation sites (tertiary alicyclic amines) is 1. The Kier molecular flexibility index (Phi) is 5.09. The quantitative estimate of drug-likeness (QED) is 0.872. The number of nitrogens with zero attached hydrogens (tertiary/aromatic N) is 2. The van der Waals surface area contributed by atoms with E-state index in [9.17, 15) is 9.90 Å². The lowest BCUT2D eigenvalue weighted by Crippen LogP contribution is -2.45. The van der Waals surface area contributed by atoms with E-state index in [-0.39, 0.29) is 18.1 Å². The maximum Gasteiger partial charge on any atom is 0.239 e. The van der Waals surface area contributed by atoms with Crippen LogP contribution in [0.5, 0.6) is 0 Å². The molecule has 2 fully saturated rings. The molecule has 1 aliphatic carbocycles. The summed E-state index contributed by atoms with van der Waals surface area (Å²) in [5.74, 6) is 1.08. The molecule has 4 nitrogen and oxygen atoms in total. The Labute approximate surface area is 146 Å². The molecule has 4 atom stereocenters. The fourth-order valence-electron chi connectivity index (χ4n) is 4.00. The molecule has 5 heteroatoms. The van der Waals surface area contributed by atoms with Gasteiger partial charge in [0, 0.05) is 37.1 Å². The van der Waals surface area contributed by atoms with Gasteiger partial charge in [0.1, 0.15) is 0 Å². The number of aliphatic hydroxyl groups is 1. The highest BCUT2D eigenvalue weighted by Crippen LogP contribution is 2.38. The van der Waals surface area contributed by atoms with Crippen LogP contribution in [0, 0.1) is 11.8 Å². The maximum absolute atomic E-state index is 12.7. The molecule has 1 unspecified atom stereocenters. The summed E-state index contributed by atoms with van der Waals surface area (Å²) < 4.78 is 1.05. The molecule has 1 saturated carbocycles. The third-order valence-corrected chi connectivity index (χ3v) is 5.99. The Balaban J connectivity index is 1.58. The fourth-order valence-corrected chi connectivity index (χ4v) is 4.27. The normalized spacial score (nSPS) is 28.6. The standard InChI is InChI=1S/C18H25BrN2O2/c1-12(21-10-14-5-8-17(22)16(14)11-21)18(23)20(2)9-13-3-6-15(19)7-4-13/h3-4,6-7,12,14,16-17,22H,5,8-11H2,1-2H3/t12?,14-,16+,17-/m0/s1. The van der Waals surface area contributed by atoms with E-state index in [1.165, 1.54) is 0 Å². The molecule has 0 bridgehead atoms. The van der Waals surface area contributed by atoms with E-state index in [0.717, 1.165) is 36.0 Å². The average Bonchev–Trinajstić information content (AvgIpc) is 3.10. The average molecular weight is 381 g/mol. The van der Waals surface area contributed by atoms with Gasteiger partial charge in [0.05, 0.1) is 12.1 Å². The molecule has 2 aliphatic rings. The predicted molar refractivity (Wildman–Crippen MR) is 93.9 cm³/mol. The van der Waals surface area contributed by atoms with Crippen molar-refractivity contribution in [2.24, 2.45) is 11.8 Å². The van der Waals surface area contributed by atoms with Crippen molar-refractivity contribution in [2.45, 2.75) is 38.5 Å². The molecule has 3 rings (SSSR count). The molecular formula is C18H25BrN2O2. The number of carbonyl (C=O) groups excluding carboxylic acids is 1. The second-order valence-electron chi connectivity index (χ2n) is 7.02. The third kappa shape index (κ3) is 3.62. The number of likely N-dealkylation sites (N-methyl/N-ethyl adjacent to an activating group) is 1. The van der Waals surface area contributed by atoms with Crippen LogP contribution < -0.4 is 0 Å². The molecule has 1 aromatic rings. The van der Waals surface area contributed by atoms with Gasteiger partial charge in [-0.1, -0.05) is 28.1 Å². The molecule has 1 aliphatic heterocycles. The van der Waals surface area contributed by atoms with Gasteiger partial charge < -0.3 is 10.0 Å². The molecule has 1 amide bonds. The van der Waals surface area contributed by atoms with Crippen LogP contribution in [-0.4, -0.2) is 53.1 Å². The number of carbonyl (C=O) groups is 1. The highest BCUT2D eigenvalue weighted by atomic mass is 79.9. The van der Waals surface area contributed by atoms with Gasteiger partial charge in [-0.05, 0) is 43.4 Å². The first-order valence-corrected chi connectivity index (χ1v) is 9.16. The second kappa shape index (κ2) is 6.91. The zero-order valence-corrected chi connectivity index (χ0v) is 15.4. The molecule has 1 heterocycles. The first kappa shape index (κ1) is 16.9. The Morgan fingerprint density at radius 1 is 1.35 bits per heavy atom. The van der Waals surface area contributed by atoms with Crippen LogP contribution >= 0.6 is 15.9 Å². The highest BCUT2D eigenvalue weighted by Gasteiger charge is 2.44. The summed E-state index contributed by atoms with van der Waals surface area (Å²) in [6.07, 6.45) is 1.85. The van der Waals surface area contributed by atoms with Crippen LogP contribution in [0.3, 0.4) is 0 Å². The summed E-state index contributed by atoms with van der Waals surface area (Å²) in [5.41, 5.74) is 1.13. The van der Waals surface area contributed by atoms with Crippen molar-refractivity contribution in [1.29, 1.82) is 0 Å². The minimum atomic E-state index is -0.173. The fraction of sp³-hybridized carbons (Fsp3) is 0.611. The summed E-state index contributed by atoms with van der Waals surface area (Å²) in [7, 11) is 1.87. The first-order valence-electron chi connectivity index (χ1n) is 8.37. The van der Waals surface area contributed by atoms with Crippen LogP contribution in [0.1, 0.15) is 25.3 Å². The number of aliphatic hydroxyl groups excluding tert-OH is 1. The minimum Gasteiger partial charge on any atom is -0.393 e. The SMILES string of the molecule is CC(C(=O)N(C)Cc1ccc(Br)cc1)N1C[C@@H]2CC[C@H](O)[C@@H]2C1. The molecule has 1 saturated heterocycles. The molecular weight excluding hydrogens is 356 g/mol. The summed E-state index contributed by atoms with van der Waals surface area (Å²) in [6.45, 7) is 4.42. The lowest BCUT2D eigenvalue weighted by molar-refractivity contribution is -0.135. The Bertz CT molecular complexity index is 563. The Morgan fingerprint density at radius 3 is 2.70 bits per heavy atom. The molecule has 126 valence electrons. The Morgan fingerprint density at radius 2 is 2.04 bits per heavy atom. The van der Waals surface area contributed by atoms with Crippen LogP contribution in [-0.2, 0) is 11.3 Å². The third-order valence-electron chi connectivity index (χ3n) is 5.46. The molecule has 23 heavy (non-hydrogen) atoms. The van der Waals surface area contributed by atoms with Gasteiger partial charge in [-0.3, -0.25) is 9.69 Å². The van der Waals surface area contributed by atoms with Crippen molar-refractivity contribution in [3.8, 4) is 0 Å². The highest BCUT2D eigenvalue weighted by molar-refractivity contribution is 9.10. The second-order valence-corrected chi connectivity index (χ2v) is 7.93. The lowest BCUT2D eigenvalue weighted by atomic mass is 10.00. The summed E-state index contributed by atoms with van der Waals surface area (Å²) in [4.78, 5) is 16.8. The summed E-state index contributed by atoms with van der Waals surface area (Å²) >= 11 is 3.43. The number of hydrogen-bond acceptors (Lipinski definition) is 3. The Hall–Kier alpha value is -0.910. The number of rotatable bonds is 4. The van der Waals surface area contributed by atoms with Crippen molar-refractivity contribution in [3.05, 3.63) is 34.3 Å². The lowest BCUT2D eigenvalue weighted by Gasteiger charge is -2.29. The molecule has 0 spiro atoms. The van der Waals surface area contributed by atoms with Gasteiger partial charge in [0.25, 0.3) is 0 Å². The zero-order valence-electron chi connectivity index (χ0n) is 13.8. The van der Waals surface area contributed by atoms with Gasteiger partial charge in [0.2, 0.25) is 5.91 Å². The smallest absolute Gasteiger partial charge is 0.239 e. The number of hydrogen-bond donors (Lipinski definition) is 1. The van der Waals surface area contributed by atoms with Gasteiger partial charge >= 0.3 is 0 Å². The van der Waals surface area contributed by atoms with E-state index in [4.69, 9.17) is 0 Å². The summed E-state index contributed by atoms with van der Waals surface area (Å²) in [6, 6.07) is 7.96. The van der Waals surface area contributed by atoms with Crippen molar-refractivity contribution < 1.29 is 9.90 Å². The van der Waals surface area contributed by atoms with Crippen LogP contribution in [0.2, 0.25) is 0 Å². The maximum atomic E-state index is 12.7. The number of fused-ring (bicyclic) bond motifs is 1. The van der Waals surface area contributed by atoms with Crippen molar-refractivity contribution >= 4 is 21.8 Å². The number of halogens is 1. The van der Waals surface area contributed by atoms with E-state index in [0.29, 0.717) is 18.4 Å². The number of amides is 1. The number of benzene rings is 1. The van der Waals surface area contributed by atoms with Gasteiger partial charge in [-0.15, -0.1) is 0 Å². The topological polar surface area (TPSA) is 43.8 Å². The summed E-state index contributed by atoms with van der Waals surface area (Å²) in [5, 5.41) is 10.0. The van der Waals surface area contributed by atoms with Crippen LogP contribution in [0.4, 0.5) is 0 Å². The first-order chi connectivity index (χ1) is 11.0. The van der Waals surface area contributed by atoms with E-state index in [1.807, 2.05) is 38.2 Å². The molecule has 1 aromatic carbocycles. The van der Waals surface area contributed by atoms with Crippen molar-refractivity contribution in [2.75, 3.05) is 20.1 Å². The minimum absolute atomic E-state index is 0.117. The van der Waals surface area contributed by atoms with Gasteiger partial charge in [-0.2, -0.15) is 0 Å². The van der Waals surface area contributed by atoms with E-state index >= 15 is 0 Å². The zero-order chi connectivity index (χ0) is 16.6. The van der Waals surface area contributed by atoms with E-state index in [1.54, 1.807) is 4.90 Å². The largest absolute Gasteiger partial charge is 0.393 e. The van der Waals surface area contributed by atoms with Crippen LogP contribution in [0.15, 0.2) is 28.7 Å². The molecule has 0 radical (unpaired) electrons.